The van der Waals surface area contributed by atoms with Crippen LogP contribution in [-0.4, -0.2) is 27.3 Å². The Balaban J connectivity index is 1.43. The van der Waals surface area contributed by atoms with E-state index in [9.17, 15) is 4.79 Å². The predicted molar refractivity (Wildman–Crippen MR) is 93.0 cm³/mol. The second-order valence-corrected chi connectivity index (χ2v) is 6.42. The van der Waals surface area contributed by atoms with Crippen LogP contribution in [-0.2, 0) is 25.9 Å². The van der Waals surface area contributed by atoms with Crippen LogP contribution in [0.3, 0.4) is 0 Å². The molecular weight excluding hydrogens is 326 g/mol. The molecule has 0 aliphatic carbocycles. The quantitative estimate of drug-likeness (QED) is 0.873. The van der Waals surface area contributed by atoms with Gasteiger partial charge in [0.05, 0.1) is 6.54 Å². The molecule has 1 aliphatic rings. The lowest BCUT2D eigenvalue weighted by atomic mass is 10.1. The molecule has 24 heavy (non-hydrogen) atoms. The third-order valence-electron chi connectivity index (χ3n) is 4.18. The van der Waals surface area contributed by atoms with Gasteiger partial charge < -0.3 is 15.2 Å². The van der Waals surface area contributed by atoms with Crippen LogP contribution >= 0.6 is 11.6 Å². The Kier molecular flexibility index (Phi) is 5.69. The second kappa shape index (κ2) is 8.15. The molecule has 0 atom stereocenters. The summed E-state index contributed by atoms with van der Waals surface area (Å²) >= 11 is 5.95. The van der Waals surface area contributed by atoms with Crippen molar-refractivity contribution in [3.63, 3.8) is 0 Å². The van der Waals surface area contributed by atoms with Crippen LogP contribution in [0.4, 0.5) is 4.79 Å². The molecule has 0 spiro atoms. The van der Waals surface area contributed by atoms with Crippen LogP contribution in [0.2, 0.25) is 5.02 Å². The van der Waals surface area contributed by atoms with E-state index in [-0.39, 0.29) is 6.03 Å². The van der Waals surface area contributed by atoms with Gasteiger partial charge in [-0.25, -0.2) is 4.79 Å². The van der Waals surface area contributed by atoms with Crippen molar-refractivity contribution in [1.29, 1.82) is 0 Å². The lowest BCUT2D eigenvalue weighted by Crippen LogP contribution is -2.36. The molecule has 2 aromatic rings. The highest BCUT2D eigenvalue weighted by molar-refractivity contribution is 6.30. The second-order valence-electron chi connectivity index (χ2n) is 5.98. The van der Waals surface area contributed by atoms with Crippen LogP contribution in [0.25, 0.3) is 0 Å². The smallest absolute Gasteiger partial charge is 0.315 e. The van der Waals surface area contributed by atoms with E-state index < -0.39 is 0 Å². The van der Waals surface area contributed by atoms with Crippen molar-refractivity contribution in [3.8, 4) is 0 Å². The fourth-order valence-electron chi connectivity index (χ4n) is 2.91. The van der Waals surface area contributed by atoms with Gasteiger partial charge in [0.25, 0.3) is 0 Å². The maximum Gasteiger partial charge on any atom is 0.315 e. The Bertz CT molecular complexity index is 700. The lowest BCUT2D eigenvalue weighted by molar-refractivity contribution is 0.240. The number of benzene rings is 1. The average Bonchev–Trinajstić information content (AvgIpc) is 2.80. The van der Waals surface area contributed by atoms with Gasteiger partial charge in [-0.05, 0) is 37.0 Å². The maximum absolute atomic E-state index is 11.9. The van der Waals surface area contributed by atoms with E-state index in [2.05, 4.69) is 25.4 Å². The van der Waals surface area contributed by atoms with Crippen molar-refractivity contribution in [1.82, 2.24) is 25.4 Å². The monoisotopic (exact) mass is 347 g/mol. The molecule has 0 saturated heterocycles. The van der Waals surface area contributed by atoms with E-state index in [1.807, 2.05) is 24.3 Å². The fourth-order valence-corrected chi connectivity index (χ4v) is 3.12. The number of aryl methyl sites for hydroxylation is 1. The van der Waals surface area contributed by atoms with Gasteiger partial charge in [-0.1, -0.05) is 30.2 Å². The SMILES string of the molecule is O=C(NCCc1cccc(Cl)c1)NCc1nnc2n1CCCCC2. The molecule has 2 N–H and O–H groups in total. The summed E-state index contributed by atoms with van der Waals surface area (Å²) in [6, 6.07) is 7.47. The van der Waals surface area contributed by atoms with Gasteiger partial charge in [-0.2, -0.15) is 0 Å². The van der Waals surface area contributed by atoms with Gasteiger partial charge in [0.2, 0.25) is 0 Å². The molecule has 2 amide bonds. The Labute approximate surface area is 146 Å². The van der Waals surface area contributed by atoms with Crippen molar-refractivity contribution < 1.29 is 4.79 Å². The third-order valence-corrected chi connectivity index (χ3v) is 4.42. The van der Waals surface area contributed by atoms with Gasteiger partial charge >= 0.3 is 6.03 Å². The highest BCUT2D eigenvalue weighted by Gasteiger charge is 2.14. The summed E-state index contributed by atoms with van der Waals surface area (Å²) in [5.41, 5.74) is 1.10. The molecule has 1 aromatic carbocycles. The zero-order valence-electron chi connectivity index (χ0n) is 13.6. The average molecular weight is 348 g/mol. The number of nitrogens with zero attached hydrogens (tertiary/aromatic N) is 3. The largest absolute Gasteiger partial charge is 0.338 e. The van der Waals surface area contributed by atoms with Crippen molar-refractivity contribution >= 4 is 17.6 Å². The molecule has 0 radical (unpaired) electrons. The van der Waals surface area contributed by atoms with E-state index in [0.29, 0.717) is 18.1 Å². The van der Waals surface area contributed by atoms with Crippen molar-refractivity contribution in [2.24, 2.45) is 0 Å². The standard InChI is InChI=1S/C17H22ClN5O/c18-14-6-4-5-13(11-14)8-9-19-17(24)20-12-16-22-21-15-7-2-1-3-10-23(15)16/h4-6,11H,1-3,7-10,12H2,(H2,19,20,24). The van der Waals surface area contributed by atoms with Gasteiger partial charge in [0.15, 0.2) is 5.82 Å². The summed E-state index contributed by atoms with van der Waals surface area (Å²) in [5, 5.41) is 14.9. The minimum absolute atomic E-state index is 0.192. The van der Waals surface area contributed by atoms with E-state index in [1.165, 1.54) is 6.42 Å². The van der Waals surface area contributed by atoms with Gasteiger partial charge in [0, 0.05) is 24.5 Å². The first-order valence-corrected chi connectivity index (χ1v) is 8.77. The normalized spacial score (nSPS) is 13.9. The minimum Gasteiger partial charge on any atom is -0.338 e. The third kappa shape index (κ3) is 4.47. The molecule has 7 heteroatoms. The van der Waals surface area contributed by atoms with Gasteiger partial charge in [-0.15, -0.1) is 10.2 Å². The summed E-state index contributed by atoms with van der Waals surface area (Å²) in [5.74, 6) is 1.86. The molecule has 0 unspecified atom stereocenters. The maximum atomic E-state index is 11.9. The van der Waals surface area contributed by atoms with E-state index in [4.69, 9.17) is 11.6 Å². The van der Waals surface area contributed by atoms with Crippen LogP contribution in [0.5, 0.6) is 0 Å². The summed E-state index contributed by atoms with van der Waals surface area (Å²) in [6.07, 6.45) is 5.24. The zero-order chi connectivity index (χ0) is 16.8. The molecule has 6 nitrogen and oxygen atoms in total. The highest BCUT2D eigenvalue weighted by Crippen LogP contribution is 2.14. The summed E-state index contributed by atoms with van der Waals surface area (Å²) in [6.45, 7) is 1.90. The van der Waals surface area contributed by atoms with E-state index in [0.717, 1.165) is 49.4 Å². The highest BCUT2D eigenvalue weighted by atomic mass is 35.5. The van der Waals surface area contributed by atoms with Crippen LogP contribution in [0.15, 0.2) is 24.3 Å². The van der Waals surface area contributed by atoms with E-state index >= 15 is 0 Å². The number of fused-ring (bicyclic) bond motifs is 1. The van der Waals surface area contributed by atoms with Crippen molar-refractivity contribution in [2.45, 2.75) is 45.2 Å². The number of halogens is 1. The Morgan fingerprint density at radius 1 is 1.21 bits per heavy atom. The number of urea groups is 1. The Hall–Kier alpha value is -2.08. The first-order valence-electron chi connectivity index (χ1n) is 8.39. The Morgan fingerprint density at radius 2 is 2.12 bits per heavy atom. The lowest BCUT2D eigenvalue weighted by Gasteiger charge is -2.09. The van der Waals surface area contributed by atoms with E-state index in [1.54, 1.807) is 0 Å². The topological polar surface area (TPSA) is 71.8 Å². The molecule has 1 aromatic heterocycles. The number of rotatable bonds is 5. The van der Waals surface area contributed by atoms with Gasteiger partial charge in [-0.3, -0.25) is 0 Å². The number of hydrogen-bond donors (Lipinski definition) is 2. The number of amides is 2. The van der Waals surface area contributed by atoms with Crippen LogP contribution in [0.1, 0.15) is 36.5 Å². The summed E-state index contributed by atoms with van der Waals surface area (Å²) in [4.78, 5) is 11.9. The molecule has 2 heterocycles. The van der Waals surface area contributed by atoms with Crippen molar-refractivity contribution in [3.05, 3.63) is 46.5 Å². The Morgan fingerprint density at radius 3 is 3.00 bits per heavy atom. The predicted octanol–water partition coefficient (Wildman–Crippen LogP) is 2.70. The van der Waals surface area contributed by atoms with Crippen LogP contribution in [0, 0.1) is 0 Å². The van der Waals surface area contributed by atoms with Crippen LogP contribution < -0.4 is 10.6 Å². The number of aromatic nitrogens is 3. The molecule has 0 fully saturated rings. The van der Waals surface area contributed by atoms with Gasteiger partial charge in [0.1, 0.15) is 5.82 Å². The molecule has 128 valence electrons. The first kappa shape index (κ1) is 16.8. The molecule has 0 saturated carbocycles. The molecule has 1 aliphatic heterocycles. The minimum atomic E-state index is -0.192. The molecule has 0 bridgehead atoms. The number of nitrogens with one attached hydrogen (secondary N) is 2. The molecule has 3 rings (SSSR count). The fraction of sp³-hybridized carbons (Fsp3) is 0.471. The summed E-state index contributed by atoms with van der Waals surface area (Å²) in [7, 11) is 0. The first-order chi connectivity index (χ1) is 11.7. The zero-order valence-corrected chi connectivity index (χ0v) is 14.4. The van der Waals surface area contributed by atoms with Crippen molar-refractivity contribution in [2.75, 3.05) is 6.54 Å². The number of hydrogen-bond acceptors (Lipinski definition) is 3. The number of carbonyl (C=O) groups excluding carboxylic acids is 1. The summed E-state index contributed by atoms with van der Waals surface area (Å²) < 4.78 is 2.14. The number of carbonyl (C=O) groups is 1. The molecular formula is C17H22ClN5O.